The van der Waals surface area contributed by atoms with Crippen LogP contribution in [0.15, 0.2) is 54.6 Å². The van der Waals surface area contributed by atoms with Crippen LogP contribution in [-0.4, -0.2) is 34.0 Å². The normalized spacial score (nSPS) is 18.9. The van der Waals surface area contributed by atoms with Gasteiger partial charge in [0.15, 0.2) is 0 Å². The molecule has 1 N–H and O–H groups in total. The summed E-state index contributed by atoms with van der Waals surface area (Å²) < 4.78 is 0. The predicted octanol–water partition coefficient (Wildman–Crippen LogP) is 3.40. The lowest BCUT2D eigenvalue weighted by Gasteiger charge is -2.39. The maximum atomic E-state index is 13.3. The minimum absolute atomic E-state index is 0.0877. The lowest BCUT2D eigenvalue weighted by atomic mass is 9.79. The van der Waals surface area contributed by atoms with Gasteiger partial charge in [0.25, 0.3) is 5.91 Å². The molecule has 2 atom stereocenters. The Kier molecular flexibility index (Phi) is 4.45. The summed E-state index contributed by atoms with van der Waals surface area (Å²) in [5.41, 5.74) is 2.20. The zero-order chi connectivity index (χ0) is 19.0. The Bertz CT molecular complexity index is 1000. The molecule has 3 aromatic rings. The molecular weight excluding hydrogens is 360 g/mol. The van der Waals surface area contributed by atoms with E-state index in [0.717, 1.165) is 16.1 Å². The summed E-state index contributed by atoms with van der Waals surface area (Å²) in [5, 5.41) is 12.1. The van der Waals surface area contributed by atoms with E-state index in [1.807, 2.05) is 55.5 Å². The van der Waals surface area contributed by atoms with Gasteiger partial charge < -0.3 is 4.90 Å². The fourth-order valence-electron chi connectivity index (χ4n) is 3.55. The van der Waals surface area contributed by atoms with E-state index in [1.165, 1.54) is 11.3 Å². The molecule has 0 unspecified atom stereocenters. The van der Waals surface area contributed by atoms with Gasteiger partial charge in [-0.05, 0) is 24.1 Å². The fraction of sp³-hybridized carbons (Fsp3) is 0.200. The third kappa shape index (κ3) is 3.10. The molecule has 2 aromatic carbocycles. The van der Waals surface area contributed by atoms with E-state index in [-0.39, 0.29) is 11.8 Å². The largest absolute Gasteiger partial charge is 0.334 e. The maximum absolute atomic E-state index is 13.3. The number of benzene rings is 2. The van der Waals surface area contributed by atoms with Crippen molar-refractivity contribution < 1.29 is 9.59 Å². The number of likely N-dealkylation sites (N-methyl/N-ethyl adjacent to an activating group) is 1. The second kappa shape index (κ2) is 6.92. The number of hydrogen-bond donors (Lipinski definition) is 1. The van der Waals surface area contributed by atoms with Gasteiger partial charge in [0.1, 0.15) is 5.01 Å². The highest BCUT2D eigenvalue weighted by Crippen LogP contribution is 2.42. The Hall–Kier alpha value is -3.06. The van der Waals surface area contributed by atoms with Crippen LogP contribution in [0.2, 0.25) is 0 Å². The average Bonchev–Trinajstić information content (AvgIpc) is 3.09. The highest BCUT2D eigenvalue weighted by Gasteiger charge is 2.42. The first-order chi connectivity index (χ1) is 13.1. The van der Waals surface area contributed by atoms with Crippen LogP contribution in [0.1, 0.15) is 38.5 Å². The van der Waals surface area contributed by atoms with Crippen LogP contribution < -0.4 is 5.32 Å². The SMILES string of the molecule is Cc1nnc(NC(=O)[C@@H]2c3ccccc3C(=O)N(C)[C@H]2c2ccccc2)s1. The van der Waals surface area contributed by atoms with Gasteiger partial charge in [-0.1, -0.05) is 59.9 Å². The van der Waals surface area contributed by atoms with Crippen molar-refractivity contribution in [3.8, 4) is 0 Å². The summed E-state index contributed by atoms with van der Waals surface area (Å²) in [4.78, 5) is 27.8. The predicted molar refractivity (Wildman–Crippen MR) is 104 cm³/mol. The number of aromatic nitrogens is 2. The Morgan fingerprint density at radius 2 is 1.78 bits per heavy atom. The number of anilines is 1. The summed E-state index contributed by atoms with van der Waals surface area (Å²) in [5.74, 6) is -0.836. The zero-order valence-electron chi connectivity index (χ0n) is 14.9. The molecule has 1 aliphatic rings. The number of fused-ring (bicyclic) bond motifs is 1. The molecule has 7 heteroatoms. The molecule has 0 bridgehead atoms. The smallest absolute Gasteiger partial charge is 0.254 e. The van der Waals surface area contributed by atoms with Crippen molar-refractivity contribution >= 4 is 28.3 Å². The lowest BCUT2D eigenvalue weighted by Crippen LogP contribution is -2.44. The van der Waals surface area contributed by atoms with Crippen LogP contribution in [0.5, 0.6) is 0 Å². The average molecular weight is 378 g/mol. The van der Waals surface area contributed by atoms with Crippen LogP contribution in [0.3, 0.4) is 0 Å². The lowest BCUT2D eigenvalue weighted by molar-refractivity contribution is -0.119. The minimum atomic E-state index is -0.546. The van der Waals surface area contributed by atoms with Gasteiger partial charge in [-0.15, -0.1) is 10.2 Å². The van der Waals surface area contributed by atoms with Crippen LogP contribution in [0.4, 0.5) is 5.13 Å². The molecule has 0 radical (unpaired) electrons. The van der Waals surface area contributed by atoms with Gasteiger partial charge in [0.05, 0.1) is 12.0 Å². The fourth-order valence-corrected chi connectivity index (χ4v) is 4.15. The number of aryl methyl sites for hydroxylation is 1. The number of hydrogen-bond acceptors (Lipinski definition) is 5. The molecule has 0 fully saturated rings. The van der Waals surface area contributed by atoms with Crippen molar-refractivity contribution in [1.82, 2.24) is 15.1 Å². The van der Waals surface area contributed by atoms with Crippen LogP contribution >= 0.6 is 11.3 Å². The standard InChI is InChI=1S/C20H18N4O2S/c1-12-22-23-20(27-12)21-18(25)16-14-10-6-7-11-15(14)19(26)24(2)17(16)13-8-4-3-5-9-13/h3-11,16-17H,1-2H3,(H,21,23,25)/t16-,17+/m1/s1. The van der Waals surface area contributed by atoms with Crippen molar-refractivity contribution in [2.45, 2.75) is 18.9 Å². The molecule has 0 aliphatic carbocycles. The number of nitrogens with one attached hydrogen (secondary N) is 1. The van der Waals surface area contributed by atoms with E-state index in [0.29, 0.717) is 10.7 Å². The number of carbonyl (C=O) groups is 2. The molecule has 2 heterocycles. The van der Waals surface area contributed by atoms with Crippen LogP contribution in [0, 0.1) is 6.92 Å². The molecule has 4 rings (SSSR count). The van der Waals surface area contributed by atoms with E-state index in [1.54, 1.807) is 18.0 Å². The Morgan fingerprint density at radius 3 is 2.48 bits per heavy atom. The van der Waals surface area contributed by atoms with Crippen LogP contribution in [-0.2, 0) is 4.79 Å². The highest BCUT2D eigenvalue weighted by molar-refractivity contribution is 7.15. The van der Waals surface area contributed by atoms with E-state index < -0.39 is 12.0 Å². The summed E-state index contributed by atoms with van der Waals surface area (Å²) in [6.45, 7) is 1.84. The number of rotatable bonds is 3. The molecule has 6 nitrogen and oxygen atoms in total. The molecule has 1 aliphatic heterocycles. The highest BCUT2D eigenvalue weighted by atomic mass is 32.1. The molecule has 0 saturated heterocycles. The third-order valence-corrected chi connectivity index (χ3v) is 5.51. The van der Waals surface area contributed by atoms with E-state index in [4.69, 9.17) is 0 Å². The number of nitrogens with zero attached hydrogens (tertiary/aromatic N) is 3. The Balaban J connectivity index is 1.81. The van der Waals surface area contributed by atoms with Gasteiger partial charge in [0.2, 0.25) is 11.0 Å². The molecule has 136 valence electrons. The van der Waals surface area contributed by atoms with E-state index >= 15 is 0 Å². The third-order valence-electron chi connectivity index (χ3n) is 4.76. The van der Waals surface area contributed by atoms with Crippen LogP contribution in [0.25, 0.3) is 0 Å². The summed E-state index contributed by atoms with van der Waals surface area (Å²) in [6, 6.07) is 16.5. The second-order valence-electron chi connectivity index (χ2n) is 6.45. The Labute approximate surface area is 160 Å². The topological polar surface area (TPSA) is 75.2 Å². The number of amides is 2. The minimum Gasteiger partial charge on any atom is -0.334 e. The molecule has 0 saturated carbocycles. The molecule has 0 spiro atoms. The van der Waals surface area contributed by atoms with E-state index in [9.17, 15) is 9.59 Å². The monoisotopic (exact) mass is 378 g/mol. The summed E-state index contributed by atoms with van der Waals surface area (Å²) in [6.07, 6.45) is 0. The zero-order valence-corrected chi connectivity index (χ0v) is 15.7. The van der Waals surface area contributed by atoms with Crippen molar-refractivity contribution in [3.63, 3.8) is 0 Å². The first-order valence-corrected chi connectivity index (χ1v) is 9.40. The molecule has 27 heavy (non-hydrogen) atoms. The number of carbonyl (C=O) groups excluding carboxylic acids is 2. The van der Waals surface area contributed by atoms with Crippen molar-refractivity contribution in [2.24, 2.45) is 0 Å². The summed E-state index contributed by atoms with van der Waals surface area (Å²) >= 11 is 1.33. The van der Waals surface area contributed by atoms with E-state index in [2.05, 4.69) is 15.5 Å². The first-order valence-electron chi connectivity index (χ1n) is 8.58. The van der Waals surface area contributed by atoms with Gasteiger partial charge in [-0.2, -0.15) is 0 Å². The van der Waals surface area contributed by atoms with Crippen molar-refractivity contribution in [3.05, 3.63) is 76.3 Å². The first kappa shape index (κ1) is 17.4. The van der Waals surface area contributed by atoms with Crippen molar-refractivity contribution in [2.75, 3.05) is 12.4 Å². The summed E-state index contributed by atoms with van der Waals surface area (Å²) in [7, 11) is 1.74. The van der Waals surface area contributed by atoms with Crippen molar-refractivity contribution in [1.29, 1.82) is 0 Å². The van der Waals surface area contributed by atoms with Gasteiger partial charge >= 0.3 is 0 Å². The molecule has 1 aromatic heterocycles. The maximum Gasteiger partial charge on any atom is 0.254 e. The van der Waals surface area contributed by atoms with Gasteiger partial charge in [-0.3, -0.25) is 14.9 Å². The van der Waals surface area contributed by atoms with Gasteiger partial charge in [-0.25, -0.2) is 0 Å². The molecule has 2 amide bonds. The van der Waals surface area contributed by atoms with Gasteiger partial charge in [0, 0.05) is 12.6 Å². The quantitative estimate of drug-likeness (QED) is 0.758. The Morgan fingerprint density at radius 1 is 1.07 bits per heavy atom. The molecular formula is C20H18N4O2S. The second-order valence-corrected chi connectivity index (χ2v) is 7.63.